The van der Waals surface area contributed by atoms with E-state index in [1.165, 1.54) is 45.6 Å². The summed E-state index contributed by atoms with van der Waals surface area (Å²) in [5, 5.41) is 13.3. The van der Waals surface area contributed by atoms with Crippen LogP contribution in [0.4, 0.5) is 4.79 Å². The number of aliphatic hydroxyl groups is 1. The van der Waals surface area contributed by atoms with E-state index in [4.69, 9.17) is 4.74 Å². The topological polar surface area (TPSA) is 58.6 Å². The third kappa shape index (κ3) is 2.62. The van der Waals surface area contributed by atoms with Crippen LogP contribution in [0.25, 0.3) is 0 Å². The highest BCUT2D eigenvalue weighted by molar-refractivity contribution is 5.67. The Morgan fingerprint density at radius 3 is 2.48 bits per heavy atom. The fourth-order valence-electron chi connectivity index (χ4n) is 7.67. The molecule has 4 aliphatic carbocycles. The number of carbonyl (C=O) groups is 1. The van der Waals surface area contributed by atoms with Gasteiger partial charge in [-0.05, 0) is 92.3 Å². The Morgan fingerprint density at radius 1 is 1.00 bits per heavy atom. The lowest BCUT2D eigenvalue weighted by Gasteiger charge is -2.60. The molecule has 142 valence electrons. The minimum atomic E-state index is -0.272. The Morgan fingerprint density at radius 2 is 1.72 bits per heavy atom. The highest BCUT2D eigenvalue weighted by Crippen LogP contribution is 2.66. The van der Waals surface area contributed by atoms with Gasteiger partial charge in [-0.25, -0.2) is 4.79 Å². The molecule has 25 heavy (non-hydrogen) atoms. The molecule has 0 aliphatic heterocycles. The van der Waals surface area contributed by atoms with E-state index in [0.29, 0.717) is 11.3 Å². The van der Waals surface area contributed by atoms with Gasteiger partial charge >= 0.3 is 6.09 Å². The van der Waals surface area contributed by atoms with Gasteiger partial charge in [-0.1, -0.05) is 13.8 Å². The van der Waals surface area contributed by atoms with Gasteiger partial charge in [0.25, 0.3) is 0 Å². The summed E-state index contributed by atoms with van der Waals surface area (Å²) in [7, 11) is 1.46. The quantitative estimate of drug-likeness (QED) is 0.749. The van der Waals surface area contributed by atoms with Crippen LogP contribution in [0.15, 0.2) is 0 Å². The van der Waals surface area contributed by atoms with Crippen LogP contribution in [0.5, 0.6) is 0 Å². The van der Waals surface area contributed by atoms with E-state index in [9.17, 15) is 9.90 Å². The Kier molecular flexibility index (Phi) is 4.33. The Hall–Kier alpha value is -0.770. The summed E-state index contributed by atoms with van der Waals surface area (Å²) >= 11 is 0. The third-order valence-corrected chi connectivity index (χ3v) is 9.12. The zero-order valence-corrected chi connectivity index (χ0v) is 16.1. The lowest BCUT2D eigenvalue weighted by atomic mass is 9.45. The normalized spacial score (nSPS) is 51.8. The van der Waals surface area contributed by atoms with Crippen molar-refractivity contribution in [2.45, 2.75) is 83.8 Å². The van der Waals surface area contributed by atoms with Gasteiger partial charge in [0.2, 0.25) is 0 Å². The first-order chi connectivity index (χ1) is 11.9. The monoisotopic (exact) mass is 349 g/mol. The van der Waals surface area contributed by atoms with Crippen molar-refractivity contribution in [1.29, 1.82) is 0 Å². The van der Waals surface area contributed by atoms with Crippen LogP contribution in [0.2, 0.25) is 0 Å². The van der Waals surface area contributed by atoms with Crippen molar-refractivity contribution in [3.05, 3.63) is 0 Å². The Labute approximate surface area is 152 Å². The van der Waals surface area contributed by atoms with Crippen molar-refractivity contribution in [2.24, 2.45) is 34.5 Å². The van der Waals surface area contributed by atoms with E-state index >= 15 is 0 Å². The molecule has 0 radical (unpaired) electrons. The third-order valence-electron chi connectivity index (χ3n) is 9.12. The average Bonchev–Trinajstić information content (AvgIpc) is 2.92. The first kappa shape index (κ1) is 17.6. The van der Waals surface area contributed by atoms with Gasteiger partial charge in [0, 0.05) is 6.04 Å². The molecule has 0 aromatic rings. The summed E-state index contributed by atoms with van der Waals surface area (Å²) < 4.78 is 4.87. The van der Waals surface area contributed by atoms with Crippen LogP contribution in [0.3, 0.4) is 0 Å². The second-order valence-corrected chi connectivity index (χ2v) is 9.90. The van der Waals surface area contributed by atoms with Gasteiger partial charge in [0.1, 0.15) is 0 Å². The van der Waals surface area contributed by atoms with Crippen LogP contribution in [0, 0.1) is 34.5 Å². The number of hydrogen-bond donors (Lipinski definition) is 2. The van der Waals surface area contributed by atoms with Crippen LogP contribution in [-0.2, 0) is 4.74 Å². The molecule has 4 rings (SSSR count). The van der Waals surface area contributed by atoms with Crippen LogP contribution < -0.4 is 5.32 Å². The molecule has 0 aromatic heterocycles. The maximum absolute atomic E-state index is 11.8. The summed E-state index contributed by atoms with van der Waals surface area (Å²) in [5.74, 6) is 3.07. The number of rotatable bonds is 1. The van der Waals surface area contributed by atoms with Crippen LogP contribution in [0.1, 0.15) is 71.6 Å². The van der Waals surface area contributed by atoms with Gasteiger partial charge in [-0.3, -0.25) is 0 Å². The largest absolute Gasteiger partial charge is 0.453 e. The molecule has 0 spiro atoms. The highest BCUT2D eigenvalue weighted by Gasteiger charge is 2.60. The predicted molar refractivity (Wildman–Crippen MR) is 97.1 cm³/mol. The molecule has 0 unspecified atom stereocenters. The standard InChI is InChI=1S/C21H35NO3/c1-20-10-8-14(23)12-13(20)4-5-15-16-6-7-18(22-19(24)25-3)21(16,2)11-9-17(15)20/h13-18,23H,4-12H2,1-3H3,(H,22,24)/t13-,14+,15-,16+,17-,18+,20-,21-/m0/s1. The maximum Gasteiger partial charge on any atom is 0.407 e. The molecule has 0 heterocycles. The zero-order chi connectivity index (χ0) is 17.8. The van der Waals surface area contributed by atoms with Crippen molar-refractivity contribution in [1.82, 2.24) is 5.32 Å². The van der Waals surface area contributed by atoms with Crippen molar-refractivity contribution < 1.29 is 14.6 Å². The molecule has 4 nitrogen and oxygen atoms in total. The zero-order valence-electron chi connectivity index (χ0n) is 16.1. The van der Waals surface area contributed by atoms with E-state index in [1.54, 1.807) is 0 Å². The molecule has 0 bridgehead atoms. The number of hydrogen-bond acceptors (Lipinski definition) is 3. The fourth-order valence-corrected chi connectivity index (χ4v) is 7.67. The van der Waals surface area contributed by atoms with Gasteiger partial charge in [-0.2, -0.15) is 0 Å². The second-order valence-electron chi connectivity index (χ2n) is 9.90. The van der Waals surface area contributed by atoms with Crippen molar-refractivity contribution in [2.75, 3.05) is 7.11 Å². The summed E-state index contributed by atoms with van der Waals surface area (Å²) in [4.78, 5) is 11.8. The molecule has 8 atom stereocenters. The maximum atomic E-state index is 11.8. The molecule has 2 N–H and O–H groups in total. The van der Waals surface area contributed by atoms with Crippen molar-refractivity contribution in [3.8, 4) is 0 Å². The minimum Gasteiger partial charge on any atom is -0.453 e. The molecule has 4 aliphatic rings. The van der Waals surface area contributed by atoms with Gasteiger partial charge in [0.15, 0.2) is 0 Å². The minimum absolute atomic E-state index is 0.0661. The number of alkyl carbamates (subject to hydrolysis) is 1. The van der Waals surface area contributed by atoms with E-state index in [-0.39, 0.29) is 23.7 Å². The predicted octanol–water partition coefficient (Wildman–Crippen LogP) is 4.11. The first-order valence-electron chi connectivity index (χ1n) is 10.4. The number of aliphatic hydroxyl groups excluding tert-OH is 1. The van der Waals surface area contributed by atoms with Crippen LogP contribution >= 0.6 is 0 Å². The molecule has 0 saturated heterocycles. The van der Waals surface area contributed by atoms with E-state index < -0.39 is 0 Å². The van der Waals surface area contributed by atoms with Gasteiger partial charge in [-0.15, -0.1) is 0 Å². The summed E-state index contributed by atoms with van der Waals surface area (Å²) in [5.41, 5.74) is 0.657. The molecule has 4 fully saturated rings. The molecular weight excluding hydrogens is 314 g/mol. The van der Waals surface area contributed by atoms with Crippen LogP contribution in [-0.4, -0.2) is 30.5 Å². The lowest BCUT2D eigenvalue weighted by Crippen LogP contribution is -2.56. The number of amides is 1. The molecule has 4 saturated carbocycles. The number of ether oxygens (including phenoxy) is 1. The SMILES string of the molecule is COC(=O)N[C@@H]1CC[C@@H]2[C@@H]3CC[C@H]4C[C@H](O)CC[C@]4(C)[C@H]3CC[C@@]21C. The van der Waals surface area contributed by atoms with Gasteiger partial charge in [0.05, 0.1) is 13.2 Å². The number of fused-ring (bicyclic) bond motifs is 5. The smallest absolute Gasteiger partial charge is 0.407 e. The Balaban J connectivity index is 1.55. The number of methoxy groups -OCH3 is 1. The lowest BCUT2D eigenvalue weighted by molar-refractivity contribution is -0.123. The van der Waals surface area contributed by atoms with E-state index in [1.807, 2.05) is 0 Å². The molecule has 1 amide bonds. The number of carbonyl (C=O) groups excluding carboxylic acids is 1. The van der Waals surface area contributed by atoms with Crippen molar-refractivity contribution >= 4 is 6.09 Å². The summed E-state index contributed by atoms with van der Waals surface area (Å²) in [6, 6.07) is 0.268. The second kappa shape index (κ2) is 6.14. The Bertz CT molecular complexity index is 537. The highest BCUT2D eigenvalue weighted by atomic mass is 16.5. The molecule has 4 heteroatoms. The summed E-state index contributed by atoms with van der Waals surface area (Å²) in [6.07, 6.45) is 10.3. The average molecular weight is 350 g/mol. The van der Waals surface area contributed by atoms with E-state index in [2.05, 4.69) is 19.2 Å². The summed E-state index contributed by atoms with van der Waals surface area (Å²) in [6.45, 7) is 4.95. The van der Waals surface area contributed by atoms with Gasteiger partial charge < -0.3 is 15.2 Å². The molecular formula is C21H35NO3. The first-order valence-corrected chi connectivity index (χ1v) is 10.4. The van der Waals surface area contributed by atoms with E-state index in [0.717, 1.165) is 37.0 Å². The van der Waals surface area contributed by atoms with Crippen molar-refractivity contribution in [3.63, 3.8) is 0 Å². The number of nitrogens with one attached hydrogen (secondary N) is 1. The molecule has 0 aromatic carbocycles. The fraction of sp³-hybridized carbons (Fsp3) is 0.952.